The Kier molecular flexibility index (Phi) is 2.87. The van der Waals surface area contributed by atoms with E-state index in [1.165, 1.54) is 5.56 Å². The van der Waals surface area contributed by atoms with E-state index in [-0.39, 0.29) is 0 Å². The average molecular weight is 210 g/mol. The van der Waals surface area contributed by atoms with Crippen molar-refractivity contribution in [2.45, 2.75) is 20.3 Å². The number of hydrogen-bond donors (Lipinski definition) is 0. The van der Waals surface area contributed by atoms with Gasteiger partial charge < -0.3 is 0 Å². The highest BCUT2D eigenvalue weighted by molar-refractivity contribution is 5.80. The van der Waals surface area contributed by atoms with E-state index < -0.39 is 0 Å². The summed E-state index contributed by atoms with van der Waals surface area (Å²) < 4.78 is 0. The quantitative estimate of drug-likeness (QED) is 0.762. The molecular weight excluding hydrogens is 196 g/mol. The second kappa shape index (κ2) is 4.32. The van der Waals surface area contributed by atoms with Crippen LogP contribution >= 0.6 is 0 Å². The Bertz CT molecular complexity index is 550. The molecule has 0 unspecified atom stereocenters. The maximum absolute atomic E-state index is 8.78. The van der Waals surface area contributed by atoms with Crippen molar-refractivity contribution in [1.29, 1.82) is 5.26 Å². The van der Waals surface area contributed by atoms with Crippen molar-refractivity contribution in [3.8, 4) is 6.07 Å². The fourth-order valence-corrected chi connectivity index (χ4v) is 1.83. The smallest absolute Gasteiger partial charge is 0.101 e. The molecule has 1 aromatic heterocycles. The first-order valence-corrected chi connectivity index (χ1v) is 5.48. The lowest BCUT2D eigenvalue weighted by Gasteiger charge is -2.05. The summed E-state index contributed by atoms with van der Waals surface area (Å²) in [5.41, 5.74) is 2.89. The summed E-state index contributed by atoms with van der Waals surface area (Å²) in [4.78, 5) is 4.30. The summed E-state index contributed by atoms with van der Waals surface area (Å²) >= 11 is 0. The topological polar surface area (TPSA) is 36.7 Å². The van der Waals surface area contributed by atoms with Crippen molar-refractivity contribution in [2.75, 3.05) is 0 Å². The Morgan fingerprint density at radius 2 is 2.12 bits per heavy atom. The first kappa shape index (κ1) is 10.6. The van der Waals surface area contributed by atoms with E-state index in [0.29, 0.717) is 11.5 Å². The summed E-state index contributed by atoms with van der Waals surface area (Å²) in [7, 11) is 0. The standard InChI is InChI=1S/C14H14N2/c1-10(2)5-11-3-4-13-6-12(8-15)9-16-14(13)7-11/h3-4,6-7,9-10H,5H2,1-2H3. The van der Waals surface area contributed by atoms with Gasteiger partial charge in [-0.25, -0.2) is 0 Å². The first-order valence-electron chi connectivity index (χ1n) is 5.48. The monoisotopic (exact) mass is 210 g/mol. The molecule has 0 spiro atoms. The molecule has 2 aromatic rings. The third-order valence-corrected chi connectivity index (χ3v) is 2.52. The van der Waals surface area contributed by atoms with Gasteiger partial charge in [-0.2, -0.15) is 5.26 Å². The minimum atomic E-state index is 0.615. The van der Waals surface area contributed by atoms with Gasteiger partial charge in [0.25, 0.3) is 0 Å². The van der Waals surface area contributed by atoms with Crippen LogP contribution in [0, 0.1) is 17.2 Å². The maximum atomic E-state index is 8.78. The third kappa shape index (κ3) is 2.20. The molecule has 16 heavy (non-hydrogen) atoms. The van der Waals surface area contributed by atoms with Crippen LogP contribution in [0.3, 0.4) is 0 Å². The zero-order chi connectivity index (χ0) is 11.5. The molecule has 0 amide bonds. The van der Waals surface area contributed by atoms with Crippen LogP contribution in [-0.2, 0) is 6.42 Å². The fraction of sp³-hybridized carbons (Fsp3) is 0.286. The molecule has 0 atom stereocenters. The van der Waals surface area contributed by atoms with E-state index in [9.17, 15) is 0 Å². The van der Waals surface area contributed by atoms with E-state index >= 15 is 0 Å². The summed E-state index contributed by atoms with van der Waals surface area (Å²) in [6.07, 6.45) is 2.69. The van der Waals surface area contributed by atoms with Gasteiger partial charge in [0.05, 0.1) is 11.1 Å². The van der Waals surface area contributed by atoms with Crippen LogP contribution < -0.4 is 0 Å². The molecule has 0 aliphatic carbocycles. The van der Waals surface area contributed by atoms with Gasteiger partial charge >= 0.3 is 0 Å². The molecule has 2 heteroatoms. The molecule has 2 nitrogen and oxygen atoms in total. The Labute approximate surface area is 95.6 Å². The summed E-state index contributed by atoms with van der Waals surface area (Å²) in [6.45, 7) is 4.41. The van der Waals surface area contributed by atoms with Gasteiger partial charge in [-0.05, 0) is 30.0 Å². The van der Waals surface area contributed by atoms with Crippen molar-refractivity contribution in [2.24, 2.45) is 5.92 Å². The lowest BCUT2D eigenvalue weighted by atomic mass is 10.0. The second-order valence-corrected chi connectivity index (χ2v) is 4.46. The molecule has 0 fully saturated rings. The lowest BCUT2D eigenvalue weighted by Crippen LogP contribution is -1.94. The van der Waals surface area contributed by atoms with Crippen LogP contribution in [0.5, 0.6) is 0 Å². The zero-order valence-corrected chi connectivity index (χ0v) is 9.57. The van der Waals surface area contributed by atoms with E-state index in [4.69, 9.17) is 5.26 Å². The number of nitrogens with zero attached hydrogens (tertiary/aromatic N) is 2. The molecule has 0 bridgehead atoms. The molecule has 2 rings (SSSR count). The van der Waals surface area contributed by atoms with Crippen molar-refractivity contribution >= 4 is 10.9 Å². The highest BCUT2D eigenvalue weighted by atomic mass is 14.6. The van der Waals surface area contributed by atoms with Gasteiger partial charge in [0.2, 0.25) is 0 Å². The maximum Gasteiger partial charge on any atom is 0.101 e. The normalized spacial score (nSPS) is 10.6. The zero-order valence-electron chi connectivity index (χ0n) is 9.57. The van der Waals surface area contributed by atoms with Crippen LogP contribution in [0.1, 0.15) is 25.0 Å². The van der Waals surface area contributed by atoms with Crippen molar-refractivity contribution in [3.63, 3.8) is 0 Å². The molecule has 0 aliphatic rings. The van der Waals surface area contributed by atoms with Crippen LogP contribution in [0.2, 0.25) is 0 Å². The lowest BCUT2D eigenvalue weighted by molar-refractivity contribution is 0.647. The third-order valence-electron chi connectivity index (χ3n) is 2.52. The van der Waals surface area contributed by atoms with E-state index in [1.54, 1.807) is 6.20 Å². The number of benzene rings is 1. The number of hydrogen-bond acceptors (Lipinski definition) is 2. The van der Waals surface area contributed by atoms with Crippen molar-refractivity contribution in [1.82, 2.24) is 4.98 Å². The van der Waals surface area contributed by atoms with Crippen molar-refractivity contribution < 1.29 is 0 Å². The molecule has 0 radical (unpaired) electrons. The largest absolute Gasteiger partial charge is 0.255 e. The Morgan fingerprint density at radius 1 is 1.31 bits per heavy atom. The molecular formula is C14H14N2. The molecule has 0 saturated carbocycles. The highest BCUT2D eigenvalue weighted by Gasteiger charge is 2.01. The average Bonchev–Trinajstić information content (AvgIpc) is 2.27. The number of aromatic nitrogens is 1. The predicted octanol–water partition coefficient (Wildman–Crippen LogP) is 3.30. The highest BCUT2D eigenvalue weighted by Crippen LogP contribution is 2.17. The molecule has 0 saturated heterocycles. The SMILES string of the molecule is CC(C)Cc1ccc2cc(C#N)cnc2c1. The van der Waals surface area contributed by atoms with Crippen LogP contribution in [-0.4, -0.2) is 4.98 Å². The number of rotatable bonds is 2. The Balaban J connectivity index is 2.44. The fourth-order valence-electron chi connectivity index (χ4n) is 1.83. The summed E-state index contributed by atoms with van der Waals surface area (Å²) in [5.74, 6) is 0.649. The van der Waals surface area contributed by atoms with Gasteiger partial charge in [-0.3, -0.25) is 4.98 Å². The molecule has 0 aliphatic heterocycles. The van der Waals surface area contributed by atoms with Gasteiger partial charge in [-0.1, -0.05) is 26.0 Å². The van der Waals surface area contributed by atoms with Gasteiger partial charge in [0.15, 0.2) is 0 Å². The minimum Gasteiger partial charge on any atom is -0.255 e. The van der Waals surface area contributed by atoms with E-state index in [0.717, 1.165) is 17.3 Å². The molecule has 80 valence electrons. The van der Waals surface area contributed by atoms with Gasteiger partial charge in [0.1, 0.15) is 6.07 Å². The summed E-state index contributed by atoms with van der Waals surface area (Å²) in [6, 6.07) is 10.2. The van der Waals surface area contributed by atoms with Crippen molar-refractivity contribution in [3.05, 3.63) is 41.6 Å². The minimum absolute atomic E-state index is 0.615. The number of pyridine rings is 1. The first-order chi connectivity index (χ1) is 7.69. The number of nitriles is 1. The molecule has 1 aromatic carbocycles. The predicted molar refractivity (Wildman–Crippen MR) is 65.0 cm³/mol. The van der Waals surface area contributed by atoms with Crippen LogP contribution in [0.25, 0.3) is 10.9 Å². The van der Waals surface area contributed by atoms with Gasteiger partial charge in [0, 0.05) is 11.6 Å². The Hall–Kier alpha value is -1.88. The van der Waals surface area contributed by atoms with E-state index in [1.807, 2.05) is 12.1 Å². The van der Waals surface area contributed by atoms with Gasteiger partial charge in [-0.15, -0.1) is 0 Å². The Morgan fingerprint density at radius 3 is 2.81 bits per heavy atom. The van der Waals surface area contributed by atoms with Crippen LogP contribution in [0.4, 0.5) is 0 Å². The molecule has 1 heterocycles. The van der Waals surface area contributed by atoms with Crippen LogP contribution in [0.15, 0.2) is 30.5 Å². The second-order valence-electron chi connectivity index (χ2n) is 4.46. The number of fused-ring (bicyclic) bond motifs is 1. The summed E-state index contributed by atoms with van der Waals surface area (Å²) in [5, 5.41) is 9.81. The molecule has 0 N–H and O–H groups in total. The van der Waals surface area contributed by atoms with E-state index in [2.05, 4.69) is 37.0 Å².